The first-order chi connectivity index (χ1) is 11.9. The van der Waals surface area contributed by atoms with E-state index in [1.807, 2.05) is 19.1 Å². The number of cyclic esters (lactones) is 1. The van der Waals surface area contributed by atoms with Crippen LogP contribution in [0.25, 0.3) is 11.0 Å². The first-order valence-corrected chi connectivity index (χ1v) is 8.16. The van der Waals surface area contributed by atoms with Gasteiger partial charge in [-0.25, -0.2) is 9.59 Å². The monoisotopic (exact) mass is 342 g/mol. The highest BCUT2D eigenvalue weighted by atomic mass is 16.6. The van der Waals surface area contributed by atoms with Crippen molar-refractivity contribution < 1.29 is 23.4 Å². The normalized spacial score (nSPS) is 28.2. The summed E-state index contributed by atoms with van der Waals surface area (Å²) in [5, 5.41) is 0.836. The summed E-state index contributed by atoms with van der Waals surface area (Å²) in [4.78, 5) is 22.7. The highest BCUT2D eigenvalue weighted by Crippen LogP contribution is 2.43. The second-order valence-electron chi connectivity index (χ2n) is 6.72. The van der Waals surface area contributed by atoms with Crippen molar-refractivity contribution in [1.82, 2.24) is 0 Å². The maximum atomic E-state index is 11.4. The molecular weight excluding hydrogens is 324 g/mol. The molecule has 0 N–H and O–H groups in total. The Morgan fingerprint density at radius 2 is 2.08 bits per heavy atom. The number of ether oxygens (including phenoxy) is 3. The number of esters is 1. The lowest BCUT2D eigenvalue weighted by Gasteiger charge is -2.12. The average Bonchev–Trinajstić information content (AvgIpc) is 3.10. The van der Waals surface area contributed by atoms with Crippen molar-refractivity contribution in [3.05, 3.63) is 52.9 Å². The molecule has 4 rings (SSSR count). The minimum atomic E-state index is -0.393. The predicted octanol–water partition coefficient (Wildman–Crippen LogP) is 2.59. The summed E-state index contributed by atoms with van der Waals surface area (Å²) in [5.41, 5.74) is 0.245. The molecule has 0 spiro atoms. The standard InChI is InChI=1S/C19H18O6/c1-11-7-14(23-18(11)21)9-19(2)16(25-19)10-22-13-5-3-12-4-6-17(20)24-15(12)8-13/h3-6,8,14,16H,1,7,9-10H2,2H3/t14-,16-,19+/m0/s1. The number of hydrogen-bond acceptors (Lipinski definition) is 6. The van der Waals surface area contributed by atoms with Crippen LogP contribution in [-0.4, -0.2) is 30.4 Å². The Labute approximate surface area is 144 Å². The summed E-state index contributed by atoms with van der Waals surface area (Å²) >= 11 is 0. The topological polar surface area (TPSA) is 78.3 Å². The molecule has 130 valence electrons. The molecule has 3 heterocycles. The molecule has 2 fully saturated rings. The largest absolute Gasteiger partial charge is 0.491 e. The Morgan fingerprint density at radius 1 is 1.28 bits per heavy atom. The third-order valence-electron chi connectivity index (χ3n) is 4.70. The number of carbonyl (C=O) groups is 1. The molecule has 6 heteroatoms. The summed E-state index contributed by atoms with van der Waals surface area (Å²) in [7, 11) is 0. The van der Waals surface area contributed by atoms with E-state index >= 15 is 0 Å². The smallest absolute Gasteiger partial charge is 0.336 e. The van der Waals surface area contributed by atoms with Gasteiger partial charge in [-0.15, -0.1) is 0 Å². The van der Waals surface area contributed by atoms with Gasteiger partial charge in [0.2, 0.25) is 0 Å². The van der Waals surface area contributed by atoms with Gasteiger partial charge in [0.05, 0.1) is 5.60 Å². The van der Waals surface area contributed by atoms with Gasteiger partial charge in [-0.3, -0.25) is 0 Å². The van der Waals surface area contributed by atoms with Crippen LogP contribution in [0.15, 0.2) is 51.7 Å². The van der Waals surface area contributed by atoms with Gasteiger partial charge in [0.1, 0.15) is 30.1 Å². The zero-order valence-corrected chi connectivity index (χ0v) is 13.8. The molecule has 0 amide bonds. The van der Waals surface area contributed by atoms with Crippen LogP contribution in [0.3, 0.4) is 0 Å². The SMILES string of the molecule is C=C1C[C@@H](C[C@@]2(C)O[C@H]2COc2ccc3ccc(=O)oc3c2)OC1=O. The first-order valence-electron chi connectivity index (χ1n) is 8.16. The second-order valence-corrected chi connectivity index (χ2v) is 6.72. The van der Waals surface area contributed by atoms with Crippen molar-refractivity contribution in [1.29, 1.82) is 0 Å². The fourth-order valence-corrected chi connectivity index (χ4v) is 3.18. The summed E-state index contributed by atoms with van der Waals surface area (Å²) in [6.07, 6.45) is 0.927. The van der Waals surface area contributed by atoms with Gasteiger partial charge in [-0.05, 0) is 25.1 Å². The quantitative estimate of drug-likeness (QED) is 0.360. The molecule has 1 aromatic heterocycles. The molecule has 0 aliphatic carbocycles. The number of carbonyl (C=O) groups excluding carboxylic acids is 1. The van der Waals surface area contributed by atoms with Crippen molar-refractivity contribution in [3.63, 3.8) is 0 Å². The van der Waals surface area contributed by atoms with Crippen LogP contribution in [0, 0.1) is 0 Å². The number of rotatable bonds is 5. The van der Waals surface area contributed by atoms with Crippen molar-refractivity contribution in [3.8, 4) is 5.75 Å². The van der Waals surface area contributed by atoms with Crippen LogP contribution in [0.5, 0.6) is 5.75 Å². The molecule has 0 bridgehead atoms. The fourth-order valence-electron chi connectivity index (χ4n) is 3.18. The molecule has 2 aromatic rings. The zero-order chi connectivity index (χ0) is 17.6. The Kier molecular flexibility index (Phi) is 3.65. The van der Waals surface area contributed by atoms with Crippen LogP contribution < -0.4 is 10.4 Å². The predicted molar refractivity (Wildman–Crippen MR) is 89.5 cm³/mol. The van der Waals surface area contributed by atoms with Crippen molar-refractivity contribution in [2.24, 2.45) is 0 Å². The molecule has 0 radical (unpaired) electrons. The average molecular weight is 342 g/mol. The van der Waals surface area contributed by atoms with Gasteiger partial charge in [-0.2, -0.15) is 0 Å². The molecule has 25 heavy (non-hydrogen) atoms. The van der Waals surface area contributed by atoms with E-state index in [1.54, 1.807) is 12.1 Å². The van der Waals surface area contributed by atoms with Crippen LogP contribution in [0.4, 0.5) is 0 Å². The first kappa shape index (κ1) is 15.9. The molecule has 3 atom stereocenters. The van der Waals surface area contributed by atoms with E-state index < -0.39 is 5.63 Å². The Balaban J connectivity index is 1.35. The third-order valence-corrected chi connectivity index (χ3v) is 4.70. The third kappa shape index (κ3) is 3.17. The van der Waals surface area contributed by atoms with Crippen LogP contribution in [0.2, 0.25) is 0 Å². The Hall–Kier alpha value is -2.60. The number of benzene rings is 1. The summed E-state index contributed by atoms with van der Waals surface area (Å²) in [5.74, 6) is 0.292. The lowest BCUT2D eigenvalue weighted by molar-refractivity contribution is -0.139. The highest BCUT2D eigenvalue weighted by molar-refractivity contribution is 5.89. The minimum Gasteiger partial charge on any atom is -0.491 e. The van der Waals surface area contributed by atoms with Crippen LogP contribution >= 0.6 is 0 Å². The molecule has 6 nitrogen and oxygen atoms in total. The van der Waals surface area contributed by atoms with Crippen molar-refractivity contribution in [2.45, 2.75) is 37.6 Å². The number of hydrogen-bond donors (Lipinski definition) is 0. The summed E-state index contributed by atoms with van der Waals surface area (Å²) in [6.45, 7) is 6.05. The van der Waals surface area contributed by atoms with Gasteiger partial charge in [0, 0.05) is 35.9 Å². The maximum Gasteiger partial charge on any atom is 0.336 e. The van der Waals surface area contributed by atoms with Crippen LogP contribution in [-0.2, 0) is 14.3 Å². The minimum absolute atomic E-state index is 0.0708. The highest BCUT2D eigenvalue weighted by Gasteiger charge is 2.54. The molecule has 1 aromatic carbocycles. The van der Waals surface area contributed by atoms with Gasteiger partial charge in [0.15, 0.2) is 0 Å². The van der Waals surface area contributed by atoms with E-state index in [2.05, 4.69) is 6.58 Å². The maximum absolute atomic E-state index is 11.4. The molecule has 2 aliphatic rings. The van der Waals surface area contributed by atoms with Gasteiger partial charge in [-0.1, -0.05) is 6.58 Å². The van der Waals surface area contributed by atoms with E-state index in [4.69, 9.17) is 18.6 Å². The molecule has 2 saturated heterocycles. The van der Waals surface area contributed by atoms with E-state index in [0.717, 1.165) is 5.39 Å². The lowest BCUT2D eigenvalue weighted by atomic mass is 9.98. The summed E-state index contributed by atoms with van der Waals surface area (Å²) < 4.78 is 21.9. The van der Waals surface area contributed by atoms with Gasteiger partial charge < -0.3 is 18.6 Å². The van der Waals surface area contributed by atoms with E-state index in [1.165, 1.54) is 6.07 Å². The van der Waals surface area contributed by atoms with Gasteiger partial charge >= 0.3 is 11.6 Å². The Bertz CT molecular complexity index is 898. The summed E-state index contributed by atoms with van der Waals surface area (Å²) in [6, 6.07) is 8.45. The second kappa shape index (κ2) is 5.74. The lowest BCUT2D eigenvalue weighted by Crippen LogP contribution is -2.22. The van der Waals surface area contributed by atoms with E-state index in [-0.39, 0.29) is 23.8 Å². The van der Waals surface area contributed by atoms with Gasteiger partial charge in [0.25, 0.3) is 0 Å². The molecular formula is C19H18O6. The van der Waals surface area contributed by atoms with E-state index in [0.29, 0.717) is 36.4 Å². The number of epoxide rings is 1. The number of fused-ring (bicyclic) bond motifs is 1. The van der Waals surface area contributed by atoms with E-state index in [9.17, 15) is 9.59 Å². The zero-order valence-electron chi connectivity index (χ0n) is 13.8. The fraction of sp³-hybridized carbons (Fsp3) is 0.368. The van der Waals surface area contributed by atoms with Crippen LogP contribution in [0.1, 0.15) is 19.8 Å². The Morgan fingerprint density at radius 3 is 2.84 bits per heavy atom. The molecule has 2 aliphatic heterocycles. The molecule has 0 unspecified atom stereocenters. The molecule has 0 saturated carbocycles. The van der Waals surface area contributed by atoms with Crippen molar-refractivity contribution >= 4 is 16.9 Å². The van der Waals surface area contributed by atoms with Crippen molar-refractivity contribution in [2.75, 3.05) is 6.61 Å².